The lowest BCUT2D eigenvalue weighted by Crippen LogP contribution is -2.07. The van der Waals surface area contributed by atoms with Gasteiger partial charge in [-0.15, -0.1) is 0 Å². The molecular weight excluding hydrogens is 216 g/mol. The minimum absolute atomic E-state index is 0.0858. The minimum atomic E-state index is -0.799. The van der Waals surface area contributed by atoms with E-state index in [-0.39, 0.29) is 11.4 Å². The van der Waals surface area contributed by atoms with Crippen molar-refractivity contribution in [3.05, 3.63) is 41.6 Å². The van der Waals surface area contributed by atoms with Crippen molar-refractivity contribution in [1.82, 2.24) is 9.78 Å². The predicted molar refractivity (Wildman–Crippen MR) is 53.3 cm³/mol. The molecule has 0 saturated carbocycles. The molecule has 0 radical (unpaired) electrons. The number of nitrogens with zero attached hydrogens (tertiary/aromatic N) is 2. The maximum Gasteiger partial charge on any atom is 0.155 e. The first-order valence-corrected chi connectivity index (χ1v) is 4.38. The first kappa shape index (κ1) is 10.3. The third-order valence-corrected chi connectivity index (χ3v) is 2.11. The highest BCUT2D eigenvalue weighted by Crippen LogP contribution is 2.21. The Balaban J connectivity index is 2.67. The number of nitrogens with two attached hydrogens (primary N) is 1. The van der Waals surface area contributed by atoms with E-state index in [4.69, 9.17) is 5.73 Å². The van der Waals surface area contributed by atoms with Crippen LogP contribution in [-0.2, 0) is 0 Å². The third-order valence-electron chi connectivity index (χ3n) is 2.11. The summed E-state index contributed by atoms with van der Waals surface area (Å²) < 4.78 is 27.6. The maximum atomic E-state index is 13.4. The number of anilines is 1. The SMILES string of the molecule is Nc1c(C=O)cnn1-c1c(F)cccc1F. The summed E-state index contributed by atoms with van der Waals surface area (Å²) in [4.78, 5) is 10.5. The Kier molecular flexibility index (Phi) is 2.40. The van der Waals surface area contributed by atoms with Crippen molar-refractivity contribution in [2.45, 2.75) is 0 Å². The Hall–Kier alpha value is -2.24. The summed E-state index contributed by atoms with van der Waals surface area (Å²) in [7, 11) is 0. The summed E-state index contributed by atoms with van der Waals surface area (Å²) in [5, 5.41) is 3.66. The van der Waals surface area contributed by atoms with Crippen LogP contribution in [0.15, 0.2) is 24.4 Å². The number of halogens is 2. The lowest BCUT2D eigenvalue weighted by atomic mass is 10.3. The van der Waals surface area contributed by atoms with Gasteiger partial charge in [-0.25, -0.2) is 13.5 Å². The van der Waals surface area contributed by atoms with Crippen LogP contribution in [0.5, 0.6) is 0 Å². The van der Waals surface area contributed by atoms with Gasteiger partial charge in [-0.1, -0.05) is 6.07 Å². The molecule has 6 heteroatoms. The lowest BCUT2D eigenvalue weighted by molar-refractivity contribution is 0.112. The molecule has 16 heavy (non-hydrogen) atoms. The monoisotopic (exact) mass is 223 g/mol. The molecule has 2 rings (SSSR count). The van der Waals surface area contributed by atoms with Crippen LogP contribution >= 0.6 is 0 Å². The fourth-order valence-corrected chi connectivity index (χ4v) is 1.33. The Bertz CT molecular complexity index is 531. The minimum Gasteiger partial charge on any atom is -0.383 e. The van der Waals surface area contributed by atoms with E-state index in [0.717, 1.165) is 23.0 Å². The summed E-state index contributed by atoms with van der Waals surface area (Å²) in [5.41, 5.74) is 5.21. The van der Waals surface area contributed by atoms with Gasteiger partial charge in [0.2, 0.25) is 0 Å². The van der Waals surface area contributed by atoms with E-state index in [9.17, 15) is 13.6 Å². The van der Waals surface area contributed by atoms with Crippen molar-refractivity contribution in [3.8, 4) is 5.69 Å². The van der Waals surface area contributed by atoms with E-state index < -0.39 is 17.3 Å². The zero-order chi connectivity index (χ0) is 11.7. The smallest absolute Gasteiger partial charge is 0.155 e. The molecule has 0 saturated heterocycles. The van der Waals surface area contributed by atoms with Gasteiger partial charge in [0.1, 0.15) is 11.5 Å². The van der Waals surface area contributed by atoms with E-state index in [1.165, 1.54) is 6.07 Å². The molecule has 0 aliphatic heterocycles. The summed E-state index contributed by atoms with van der Waals surface area (Å²) in [5.74, 6) is -1.70. The van der Waals surface area contributed by atoms with Crippen molar-refractivity contribution in [1.29, 1.82) is 0 Å². The normalized spacial score (nSPS) is 10.4. The van der Waals surface area contributed by atoms with Gasteiger partial charge < -0.3 is 5.73 Å². The highest BCUT2D eigenvalue weighted by molar-refractivity contribution is 5.81. The highest BCUT2D eigenvalue weighted by atomic mass is 19.1. The van der Waals surface area contributed by atoms with Crippen LogP contribution in [-0.4, -0.2) is 16.1 Å². The lowest BCUT2D eigenvalue weighted by Gasteiger charge is -2.06. The van der Waals surface area contributed by atoms with Crippen molar-refractivity contribution in [3.63, 3.8) is 0 Å². The fourth-order valence-electron chi connectivity index (χ4n) is 1.33. The fraction of sp³-hybridized carbons (Fsp3) is 0. The molecule has 82 valence electrons. The number of benzene rings is 1. The van der Waals surface area contributed by atoms with E-state index in [2.05, 4.69) is 5.10 Å². The quantitative estimate of drug-likeness (QED) is 0.785. The van der Waals surface area contributed by atoms with Gasteiger partial charge in [-0.3, -0.25) is 4.79 Å². The molecule has 0 amide bonds. The van der Waals surface area contributed by atoms with Gasteiger partial charge in [0.15, 0.2) is 17.9 Å². The van der Waals surface area contributed by atoms with Crippen LogP contribution in [0, 0.1) is 11.6 Å². The predicted octanol–water partition coefficient (Wildman–Crippen LogP) is 1.55. The summed E-state index contributed by atoms with van der Waals surface area (Å²) in [6.45, 7) is 0. The molecule has 2 aromatic rings. The molecule has 1 aromatic carbocycles. The molecule has 0 fully saturated rings. The number of nitrogen functional groups attached to an aromatic ring is 1. The largest absolute Gasteiger partial charge is 0.383 e. The van der Waals surface area contributed by atoms with Gasteiger partial charge in [0, 0.05) is 0 Å². The topological polar surface area (TPSA) is 60.9 Å². The zero-order valence-corrected chi connectivity index (χ0v) is 8.02. The second-order valence-electron chi connectivity index (χ2n) is 3.09. The van der Waals surface area contributed by atoms with E-state index >= 15 is 0 Å². The van der Waals surface area contributed by atoms with Gasteiger partial charge >= 0.3 is 0 Å². The summed E-state index contributed by atoms with van der Waals surface area (Å²) in [6, 6.07) is 3.40. The second kappa shape index (κ2) is 3.73. The van der Waals surface area contributed by atoms with Crippen LogP contribution in [0.1, 0.15) is 10.4 Å². The number of carbonyl (C=O) groups excluding carboxylic acids is 1. The number of para-hydroxylation sites is 1. The van der Waals surface area contributed by atoms with Crippen LogP contribution in [0.4, 0.5) is 14.6 Å². The standard InChI is InChI=1S/C10H7F2N3O/c11-7-2-1-3-8(12)9(7)15-10(13)6(5-16)4-14-15/h1-5H,13H2. The third kappa shape index (κ3) is 1.44. The van der Waals surface area contributed by atoms with E-state index in [1.807, 2.05) is 0 Å². The van der Waals surface area contributed by atoms with Gasteiger partial charge in [0.05, 0.1) is 11.8 Å². The second-order valence-corrected chi connectivity index (χ2v) is 3.09. The van der Waals surface area contributed by atoms with E-state index in [1.54, 1.807) is 0 Å². The van der Waals surface area contributed by atoms with Gasteiger partial charge in [-0.05, 0) is 12.1 Å². The van der Waals surface area contributed by atoms with Gasteiger partial charge in [0.25, 0.3) is 0 Å². The average molecular weight is 223 g/mol. The van der Waals surface area contributed by atoms with Gasteiger partial charge in [-0.2, -0.15) is 5.10 Å². The van der Waals surface area contributed by atoms with Crippen LogP contribution < -0.4 is 5.73 Å². The number of hydrogen-bond donors (Lipinski definition) is 1. The molecule has 0 aliphatic carbocycles. The molecule has 0 bridgehead atoms. The molecule has 2 N–H and O–H groups in total. The Morgan fingerprint density at radius 1 is 1.31 bits per heavy atom. The number of aldehydes is 1. The highest BCUT2D eigenvalue weighted by Gasteiger charge is 2.15. The van der Waals surface area contributed by atoms with Crippen molar-refractivity contribution >= 4 is 12.1 Å². The van der Waals surface area contributed by atoms with Crippen LogP contribution in [0.25, 0.3) is 5.69 Å². The molecule has 1 aromatic heterocycles. The summed E-state index contributed by atoms with van der Waals surface area (Å²) >= 11 is 0. The number of hydrogen-bond acceptors (Lipinski definition) is 3. The molecule has 0 spiro atoms. The Morgan fingerprint density at radius 2 is 1.94 bits per heavy atom. The number of rotatable bonds is 2. The number of carbonyl (C=O) groups is 1. The maximum absolute atomic E-state index is 13.4. The molecular formula is C10H7F2N3O. The summed E-state index contributed by atoms with van der Waals surface area (Å²) in [6.07, 6.45) is 1.62. The van der Waals surface area contributed by atoms with Crippen molar-refractivity contribution < 1.29 is 13.6 Å². The molecule has 0 aliphatic rings. The number of aromatic nitrogens is 2. The Labute approximate surface area is 89.3 Å². The van der Waals surface area contributed by atoms with Crippen LogP contribution in [0.3, 0.4) is 0 Å². The van der Waals surface area contributed by atoms with Crippen molar-refractivity contribution in [2.75, 3.05) is 5.73 Å². The first-order chi connectivity index (χ1) is 7.65. The molecule has 0 unspecified atom stereocenters. The Morgan fingerprint density at radius 3 is 2.44 bits per heavy atom. The molecule has 1 heterocycles. The van der Waals surface area contributed by atoms with E-state index in [0.29, 0.717) is 6.29 Å². The molecule has 4 nitrogen and oxygen atoms in total. The van der Waals surface area contributed by atoms with Crippen molar-refractivity contribution in [2.24, 2.45) is 0 Å². The average Bonchev–Trinajstić information content (AvgIpc) is 2.60. The van der Waals surface area contributed by atoms with Crippen LogP contribution in [0.2, 0.25) is 0 Å². The zero-order valence-electron chi connectivity index (χ0n) is 8.02. The molecule has 0 atom stereocenters. The first-order valence-electron chi connectivity index (χ1n) is 4.38.